The highest BCUT2D eigenvalue weighted by atomic mass is 35.5. The van der Waals surface area contributed by atoms with Crippen molar-refractivity contribution in [1.82, 2.24) is 15.6 Å². The van der Waals surface area contributed by atoms with Crippen LogP contribution in [-0.4, -0.2) is 42.3 Å². The van der Waals surface area contributed by atoms with Crippen LogP contribution in [0.25, 0.3) is 0 Å². The minimum Gasteiger partial charge on any atom is -0.496 e. The number of hydrogen-bond acceptors (Lipinski definition) is 7. The van der Waals surface area contributed by atoms with Crippen molar-refractivity contribution >= 4 is 35.9 Å². The Hall–Kier alpha value is -2.65. The van der Waals surface area contributed by atoms with Crippen molar-refractivity contribution in [1.29, 1.82) is 0 Å². The summed E-state index contributed by atoms with van der Waals surface area (Å²) in [5.74, 6) is 0.692. The van der Waals surface area contributed by atoms with Crippen molar-refractivity contribution in [2.45, 2.75) is 19.8 Å². The molecule has 1 atom stereocenters. The molecule has 10 heteroatoms. The van der Waals surface area contributed by atoms with Crippen LogP contribution < -0.4 is 20.7 Å². The van der Waals surface area contributed by atoms with Crippen molar-refractivity contribution in [3.63, 3.8) is 0 Å². The molecule has 2 heterocycles. The van der Waals surface area contributed by atoms with Crippen molar-refractivity contribution in [2.24, 2.45) is 5.92 Å². The number of nitrogens with one attached hydrogen (secondary N) is 3. The van der Waals surface area contributed by atoms with Crippen LogP contribution in [0.3, 0.4) is 0 Å². The maximum atomic E-state index is 12.6. The van der Waals surface area contributed by atoms with Crippen molar-refractivity contribution in [3.8, 4) is 5.75 Å². The number of anilines is 2. The summed E-state index contributed by atoms with van der Waals surface area (Å²) in [6.07, 6.45) is 1.93. The van der Waals surface area contributed by atoms with Gasteiger partial charge >= 0.3 is 0 Å². The molecule has 1 unspecified atom stereocenters. The van der Waals surface area contributed by atoms with Gasteiger partial charge in [0.25, 0.3) is 5.91 Å². The molecule has 3 rings (SSSR count). The van der Waals surface area contributed by atoms with Crippen LogP contribution in [0.4, 0.5) is 11.6 Å². The third-order valence-corrected chi connectivity index (χ3v) is 4.23. The van der Waals surface area contributed by atoms with Gasteiger partial charge < -0.3 is 20.7 Å². The predicted octanol–water partition coefficient (Wildman–Crippen LogP) is 1.86. The van der Waals surface area contributed by atoms with Gasteiger partial charge in [0.15, 0.2) is 0 Å². The first-order valence-corrected chi connectivity index (χ1v) is 8.36. The van der Waals surface area contributed by atoms with Crippen molar-refractivity contribution in [3.05, 3.63) is 29.3 Å². The van der Waals surface area contributed by atoms with E-state index in [4.69, 9.17) is 4.74 Å². The zero-order valence-corrected chi connectivity index (χ0v) is 15.9. The Morgan fingerprint density at radius 3 is 2.67 bits per heavy atom. The first kappa shape index (κ1) is 20.7. The van der Waals surface area contributed by atoms with E-state index in [0.29, 0.717) is 11.5 Å². The van der Waals surface area contributed by atoms with Gasteiger partial charge in [-0.3, -0.25) is 9.59 Å². The summed E-state index contributed by atoms with van der Waals surface area (Å²) in [7, 11) is 1.62. The molecule has 0 saturated carbocycles. The topological polar surface area (TPSA) is 118 Å². The van der Waals surface area contributed by atoms with Crippen molar-refractivity contribution in [2.75, 3.05) is 30.8 Å². The standard InChI is InChI=1S/C17H21N5O4.ClH/c1-10(23)19-15-16(22-26-21-15)20-17(24)12-3-4-14(25-2)13(8-12)7-11-5-6-18-9-11;/h3-4,8,11,18H,5-7,9H2,1-2H3,(H,19,21,23)(H,20,22,24);1H. The highest BCUT2D eigenvalue weighted by Gasteiger charge is 2.20. The number of carbonyl (C=O) groups excluding carboxylic acids is 2. The number of benzene rings is 1. The summed E-state index contributed by atoms with van der Waals surface area (Å²) < 4.78 is 10.00. The normalized spacial score (nSPS) is 15.7. The summed E-state index contributed by atoms with van der Waals surface area (Å²) in [5, 5.41) is 15.5. The molecule has 1 aliphatic rings. The van der Waals surface area contributed by atoms with E-state index in [0.717, 1.165) is 37.2 Å². The largest absolute Gasteiger partial charge is 0.496 e. The van der Waals surface area contributed by atoms with E-state index in [-0.39, 0.29) is 35.9 Å². The summed E-state index contributed by atoms with van der Waals surface area (Å²) in [4.78, 5) is 23.7. The van der Waals surface area contributed by atoms with E-state index in [1.165, 1.54) is 6.92 Å². The molecule has 0 radical (unpaired) electrons. The third-order valence-electron chi connectivity index (χ3n) is 4.23. The van der Waals surface area contributed by atoms with Crippen LogP contribution in [-0.2, 0) is 11.2 Å². The predicted molar refractivity (Wildman–Crippen MR) is 101 cm³/mol. The molecule has 1 aliphatic heterocycles. The van der Waals surface area contributed by atoms with E-state index in [1.54, 1.807) is 19.2 Å². The van der Waals surface area contributed by atoms with Crippen molar-refractivity contribution < 1.29 is 19.0 Å². The SMILES string of the molecule is COc1ccc(C(=O)Nc2nonc2NC(C)=O)cc1CC1CCNC1.Cl. The van der Waals surface area contributed by atoms with E-state index in [2.05, 4.69) is 30.9 Å². The molecule has 3 N–H and O–H groups in total. The van der Waals surface area contributed by atoms with E-state index in [1.807, 2.05) is 6.07 Å². The maximum Gasteiger partial charge on any atom is 0.257 e. The zero-order chi connectivity index (χ0) is 18.5. The Morgan fingerprint density at radius 2 is 2.04 bits per heavy atom. The number of hydrogen-bond donors (Lipinski definition) is 3. The van der Waals surface area contributed by atoms with Crippen LogP contribution >= 0.6 is 12.4 Å². The summed E-state index contributed by atoms with van der Waals surface area (Å²) in [5.41, 5.74) is 1.44. The first-order chi connectivity index (χ1) is 12.6. The second kappa shape index (κ2) is 9.33. The fourth-order valence-electron chi connectivity index (χ4n) is 2.98. The minimum absolute atomic E-state index is 0. The second-order valence-corrected chi connectivity index (χ2v) is 6.19. The summed E-state index contributed by atoms with van der Waals surface area (Å²) >= 11 is 0. The highest BCUT2D eigenvalue weighted by Crippen LogP contribution is 2.26. The summed E-state index contributed by atoms with van der Waals surface area (Å²) in [6.45, 7) is 3.30. The lowest BCUT2D eigenvalue weighted by molar-refractivity contribution is -0.114. The first-order valence-electron chi connectivity index (χ1n) is 8.36. The lowest BCUT2D eigenvalue weighted by atomic mass is 9.96. The average molecular weight is 396 g/mol. The number of aromatic nitrogens is 2. The van der Waals surface area contributed by atoms with Gasteiger partial charge in [-0.2, -0.15) is 0 Å². The number of carbonyl (C=O) groups is 2. The fraction of sp³-hybridized carbons (Fsp3) is 0.412. The molecule has 1 aromatic heterocycles. The Bertz CT molecular complexity index is 804. The number of amides is 2. The Kier molecular flexibility index (Phi) is 7.14. The van der Waals surface area contributed by atoms with Gasteiger partial charge in [-0.15, -0.1) is 12.4 Å². The molecule has 9 nitrogen and oxygen atoms in total. The summed E-state index contributed by atoms with van der Waals surface area (Å²) in [6, 6.07) is 5.27. The van der Waals surface area contributed by atoms with Crippen LogP contribution in [0.5, 0.6) is 5.75 Å². The monoisotopic (exact) mass is 395 g/mol. The number of ether oxygens (including phenoxy) is 1. The second-order valence-electron chi connectivity index (χ2n) is 6.19. The van der Waals surface area contributed by atoms with Gasteiger partial charge in [0.2, 0.25) is 17.5 Å². The maximum absolute atomic E-state index is 12.6. The molecule has 1 aromatic carbocycles. The van der Waals surface area contributed by atoms with Crippen LogP contribution in [0.2, 0.25) is 0 Å². The van der Waals surface area contributed by atoms with E-state index < -0.39 is 0 Å². The molecule has 0 bridgehead atoms. The van der Waals surface area contributed by atoms with Gasteiger partial charge in [0.1, 0.15) is 5.75 Å². The molecule has 0 aliphatic carbocycles. The molecule has 0 spiro atoms. The van der Waals surface area contributed by atoms with Crippen LogP contribution in [0.1, 0.15) is 29.3 Å². The molecular weight excluding hydrogens is 374 g/mol. The molecule has 1 saturated heterocycles. The molecule has 1 fully saturated rings. The van der Waals surface area contributed by atoms with Gasteiger partial charge in [-0.05, 0) is 65.9 Å². The molecule has 2 amide bonds. The van der Waals surface area contributed by atoms with E-state index >= 15 is 0 Å². The Morgan fingerprint density at radius 1 is 1.30 bits per heavy atom. The third kappa shape index (κ3) is 5.18. The average Bonchev–Trinajstić information content (AvgIpc) is 3.27. The lowest BCUT2D eigenvalue weighted by Gasteiger charge is -2.14. The van der Waals surface area contributed by atoms with Gasteiger partial charge in [0, 0.05) is 12.5 Å². The van der Waals surface area contributed by atoms with Gasteiger partial charge in [0.05, 0.1) is 7.11 Å². The van der Waals surface area contributed by atoms with Crippen LogP contribution in [0, 0.1) is 5.92 Å². The highest BCUT2D eigenvalue weighted by molar-refractivity contribution is 6.06. The lowest BCUT2D eigenvalue weighted by Crippen LogP contribution is -2.16. The number of methoxy groups -OCH3 is 1. The van der Waals surface area contributed by atoms with E-state index in [9.17, 15) is 9.59 Å². The molecule has 27 heavy (non-hydrogen) atoms. The molecule has 2 aromatic rings. The zero-order valence-electron chi connectivity index (χ0n) is 15.1. The number of halogens is 1. The Balaban J connectivity index is 0.00000261. The fourth-order valence-corrected chi connectivity index (χ4v) is 2.98. The van der Waals surface area contributed by atoms with Crippen LogP contribution in [0.15, 0.2) is 22.8 Å². The smallest absolute Gasteiger partial charge is 0.257 e. The quantitative estimate of drug-likeness (QED) is 0.683. The molecule has 146 valence electrons. The van der Waals surface area contributed by atoms with Gasteiger partial charge in [-0.1, -0.05) is 0 Å². The number of nitrogens with zero attached hydrogens (tertiary/aromatic N) is 2. The minimum atomic E-state index is -0.374. The number of rotatable bonds is 6. The molecular formula is C17H22ClN5O4. The Labute approximate surface area is 162 Å². The van der Waals surface area contributed by atoms with Gasteiger partial charge in [-0.25, -0.2) is 4.63 Å².